The van der Waals surface area contributed by atoms with E-state index in [-0.39, 0.29) is 43.8 Å². The van der Waals surface area contributed by atoms with Crippen LogP contribution in [-0.2, 0) is 28.5 Å². The maximum Gasteiger partial charge on any atom is 0.407 e. The first-order chi connectivity index (χ1) is 20.2. The number of carbonyl (C=O) groups excluding carboxylic acids is 4. The summed E-state index contributed by atoms with van der Waals surface area (Å²) in [6, 6.07) is 9.02. The van der Waals surface area contributed by atoms with E-state index in [4.69, 9.17) is 23.7 Å². The van der Waals surface area contributed by atoms with E-state index in [2.05, 4.69) is 30.4 Å². The summed E-state index contributed by atoms with van der Waals surface area (Å²) in [6.45, 7) is 14.2. The average molecular weight is 589 g/mol. The molecule has 3 unspecified atom stereocenters. The van der Waals surface area contributed by atoms with Gasteiger partial charge in [-0.2, -0.15) is 0 Å². The monoisotopic (exact) mass is 588 g/mol. The van der Waals surface area contributed by atoms with Crippen LogP contribution in [0.5, 0.6) is 5.75 Å². The molecule has 1 fully saturated rings. The van der Waals surface area contributed by atoms with Crippen LogP contribution in [0.4, 0.5) is 9.59 Å². The Morgan fingerprint density at radius 1 is 0.929 bits per heavy atom. The van der Waals surface area contributed by atoms with Gasteiger partial charge in [0, 0.05) is 24.7 Å². The first-order valence-electron chi connectivity index (χ1n) is 13.9. The highest BCUT2D eigenvalue weighted by Crippen LogP contribution is 2.28. The fourth-order valence-electron chi connectivity index (χ4n) is 3.92. The Labute approximate surface area is 248 Å². The molecule has 0 spiro atoms. The molecule has 11 nitrogen and oxygen atoms in total. The number of rotatable bonds is 15. The lowest BCUT2D eigenvalue weighted by molar-refractivity contribution is -0.141. The Hall–Kier alpha value is -4.28. The van der Waals surface area contributed by atoms with Gasteiger partial charge >= 0.3 is 24.1 Å². The summed E-state index contributed by atoms with van der Waals surface area (Å²) in [5, 5.41) is 5.52. The number of nitrogens with one attached hydrogen (secondary N) is 2. The molecule has 0 heterocycles. The van der Waals surface area contributed by atoms with Crippen molar-refractivity contribution in [1.82, 2.24) is 10.6 Å². The minimum absolute atomic E-state index is 0.00541. The van der Waals surface area contributed by atoms with Crippen molar-refractivity contribution in [2.24, 2.45) is 11.8 Å². The van der Waals surface area contributed by atoms with Gasteiger partial charge in [-0.1, -0.05) is 43.9 Å². The number of ether oxygens (including phenoxy) is 5. The fourth-order valence-corrected chi connectivity index (χ4v) is 3.92. The first kappa shape index (κ1) is 35.7. The number of hydrogen-bond acceptors (Lipinski definition) is 9. The zero-order valence-electron chi connectivity index (χ0n) is 24.6. The second-order valence-corrected chi connectivity index (χ2v) is 9.61. The van der Waals surface area contributed by atoms with Crippen LogP contribution >= 0.6 is 0 Å². The van der Waals surface area contributed by atoms with Crippen LogP contribution in [0.3, 0.4) is 0 Å². The molecule has 0 radical (unpaired) electrons. The molecule has 1 aliphatic carbocycles. The van der Waals surface area contributed by atoms with Gasteiger partial charge in [0.1, 0.15) is 32.2 Å². The third-order valence-corrected chi connectivity index (χ3v) is 5.89. The number of alkyl carbamates (subject to hydrolysis) is 2. The van der Waals surface area contributed by atoms with Gasteiger partial charge in [-0.15, -0.1) is 6.58 Å². The van der Waals surface area contributed by atoms with Crippen molar-refractivity contribution in [3.63, 3.8) is 0 Å². The Balaban J connectivity index is 0.00000281. The lowest BCUT2D eigenvalue weighted by Crippen LogP contribution is -2.39. The van der Waals surface area contributed by atoms with Gasteiger partial charge in [0.05, 0.1) is 0 Å². The van der Waals surface area contributed by atoms with Gasteiger partial charge in [0.15, 0.2) is 6.10 Å². The van der Waals surface area contributed by atoms with Crippen LogP contribution in [0.25, 0.3) is 0 Å². The fraction of sp³-hybridized carbons (Fsp3) is 0.484. The quantitative estimate of drug-likeness (QED) is 0.0978. The molecule has 2 N–H and O–H groups in total. The topological polar surface area (TPSA) is 138 Å². The van der Waals surface area contributed by atoms with Crippen molar-refractivity contribution in [1.29, 1.82) is 0 Å². The van der Waals surface area contributed by atoms with Crippen molar-refractivity contribution in [3.8, 4) is 5.75 Å². The van der Waals surface area contributed by atoms with Gasteiger partial charge in [-0.3, -0.25) is 0 Å². The minimum Gasteiger partial charge on any atom is -0.490 e. The molecule has 1 aromatic rings. The molecular formula is C31H44N2O9. The maximum absolute atomic E-state index is 12.5. The maximum atomic E-state index is 12.5. The summed E-state index contributed by atoms with van der Waals surface area (Å²) < 4.78 is 26.0. The highest BCUT2D eigenvalue weighted by molar-refractivity contribution is 5.86. The molecule has 1 aliphatic rings. The van der Waals surface area contributed by atoms with E-state index in [0.717, 1.165) is 31.8 Å². The molecule has 1 saturated carbocycles. The number of allylic oxidation sites excluding steroid dienone is 1. The third-order valence-electron chi connectivity index (χ3n) is 5.89. The van der Waals surface area contributed by atoms with Crippen LogP contribution in [0, 0.1) is 11.8 Å². The minimum atomic E-state index is -0.812. The van der Waals surface area contributed by atoms with Crippen LogP contribution < -0.4 is 15.4 Å². The molecule has 42 heavy (non-hydrogen) atoms. The standard InChI is InChI=1S/C28H38N2O9.C3H6/c1-4-25(31)38-19-24(18-37-23-11-6-5-7-12-23)39-28(34)30-17-22-10-8-9-21(15-22)16-29-27(33)36-14-13-35-26(32)20(2)3;1-3-2/h4-7,11-12,21-22,24H,1-2,8-10,13-19H2,3H3,(H,29,33)(H,30,34);3H,1H2,2H3. The summed E-state index contributed by atoms with van der Waals surface area (Å²) in [4.78, 5) is 47.1. The van der Waals surface area contributed by atoms with Gasteiger partial charge in [-0.25, -0.2) is 19.2 Å². The number of hydrogen-bond donors (Lipinski definition) is 2. The largest absolute Gasteiger partial charge is 0.490 e. The third kappa shape index (κ3) is 16.7. The Morgan fingerprint density at radius 3 is 2.12 bits per heavy atom. The van der Waals surface area contributed by atoms with Gasteiger partial charge in [0.2, 0.25) is 0 Å². The number of esters is 2. The molecule has 1 aromatic carbocycles. The van der Waals surface area contributed by atoms with Gasteiger partial charge in [-0.05, 0) is 57.1 Å². The summed E-state index contributed by atoms with van der Waals surface area (Å²) >= 11 is 0. The molecule has 3 atom stereocenters. The van der Waals surface area contributed by atoms with Crippen LogP contribution in [0.1, 0.15) is 39.5 Å². The van der Waals surface area contributed by atoms with E-state index in [9.17, 15) is 19.2 Å². The molecule has 232 valence electrons. The smallest absolute Gasteiger partial charge is 0.407 e. The number of para-hydroxylation sites is 1. The summed E-state index contributed by atoms with van der Waals surface area (Å²) in [7, 11) is 0. The van der Waals surface area contributed by atoms with Crippen LogP contribution in [-0.4, -0.2) is 69.7 Å². The van der Waals surface area contributed by atoms with E-state index in [1.807, 2.05) is 25.1 Å². The molecule has 0 bridgehead atoms. The van der Waals surface area contributed by atoms with Crippen molar-refractivity contribution >= 4 is 24.1 Å². The van der Waals surface area contributed by atoms with E-state index in [0.29, 0.717) is 18.8 Å². The average Bonchev–Trinajstić information content (AvgIpc) is 2.99. The molecule has 0 aromatic heterocycles. The van der Waals surface area contributed by atoms with E-state index >= 15 is 0 Å². The molecule has 11 heteroatoms. The lowest BCUT2D eigenvalue weighted by Gasteiger charge is -2.29. The number of carbonyl (C=O) groups is 4. The van der Waals surface area contributed by atoms with Gasteiger partial charge < -0.3 is 34.3 Å². The Bertz CT molecular complexity index is 1010. The Kier molecular flexibility index (Phi) is 18.3. The highest BCUT2D eigenvalue weighted by atomic mass is 16.6. The predicted octanol–water partition coefficient (Wildman–Crippen LogP) is 4.73. The predicted molar refractivity (Wildman–Crippen MR) is 158 cm³/mol. The number of benzene rings is 1. The zero-order valence-corrected chi connectivity index (χ0v) is 24.6. The number of amides is 2. The van der Waals surface area contributed by atoms with Crippen LogP contribution in [0.2, 0.25) is 0 Å². The summed E-state index contributed by atoms with van der Waals surface area (Å²) in [5.74, 6) is -0.106. The van der Waals surface area contributed by atoms with Crippen molar-refractivity contribution in [3.05, 3.63) is 67.8 Å². The van der Waals surface area contributed by atoms with Crippen LogP contribution in [0.15, 0.2) is 67.8 Å². The second-order valence-electron chi connectivity index (χ2n) is 9.61. The molecule has 2 amide bonds. The SMILES string of the molecule is C=CC.C=CC(=O)OCC(COc1ccccc1)OC(=O)NCC1CCCC(CNC(=O)OCCOC(=O)C(=C)C)C1. The second kappa shape index (κ2) is 21.5. The molecule has 2 rings (SSSR count). The van der Waals surface area contributed by atoms with E-state index in [1.54, 1.807) is 18.2 Å². The van der Waals surface area contributed by atoms with Gasteiger partial charge in [0.25, 0.3) is 0 Å². The van der Waals surface area contributed by atoms with Crippen molar-refractivity contribution < 1.29 is 42.9 Å². The zero-order chi connectivity index (χ0) is 31.2. The molecule has 0 aliphatic heterocycles. The summed E-state index contributed by atoms with van der Waals surface area (Å²) in [5.41, 5.74) is 0.278. The Morgan fingerprint density at radius 2 is 1.52 bits per heavy atom. The van der Waals surface area contributed by atoms with E-state index < -0.39 is 30.2 Å². The molecular weight excluding hydrogens is 544 g/mol. The first-order valence-corrected chi connectivity index (χ1v) is 13.9. The van der Waals surface area contributed by atoms with Crippen molar-refractivity contribution in [2.75, 3.05) is 39.5 Å². The molecule has 0 saturated heterocycles. The lowest BCUT2D eigenvalue weighted by atomic mass is 9.81. The van der Waals surface area contributed by atoms with Crippen molar-refractivity contribution in [2.45, 2.75) is 45.6 Å². The van der Waals surface area contributed by atoms with E-state index in [1.165, 1.54) is 6.92 Å². The summed E-state index contributed by atoms with van der Waals surface area (Å²) in [6.07, 6.45) is 4.42. The highest BCUT2D eigenvalue weighted by Gasteiger charge is 2.24. The normalized spacial score (nSPS) is 16.1.